The zero-order valence-corrected chi connectivity index (χ0v) is 14.3. The van der Waals surface area contributed by atoms with Crippen LogP contribution in [-0.2, 0) is 11.2 Å². The van der Waals surface area contributed by atoms with Crippen LogP contribution in [0, 0.1) is 0 Å². The fourth-order valence-electron chi connectivity index (χ4n) is 2.76. The number of likely N-dealkylation sites (tertiary alicyclic amines) is 1. The molecule has 0 saturated carbocycles. The van der Waals surface area contributed by atoms with E-state index >= 15 is 0 Å². The molecule has 5 nitrogen and oxygen atoms in total. The largest absolute Gasteiger partial charge is 0.342 e. The summed E-state index contributed by atoms with van der Waals surface area (Å²) in [4.78, 5) is 18.9. The number of amides is 1. The molecule has 0 aromatic carbocycles. The molecule has 1 amide bonds. The van der Waals surface area contributed by atoms with Crippen LogP contribution in [0.25, 0.3) is 0 Å². The number of piperidine rings is 1. The van der Waals surface area contributed by atoms with Crippen LogP contribution in [-0.4, -0.2) is 44.8 Å². The van der Waals surface area contributed by atoms with Crippen LogP contribution in [0.15, 0.2) is 22.0 Å². The number of aromatic nitrogens is 3. The summed E-state index contributed by atoms with van der Waals surface area (Å²) in [7, 11) is 0. The zero-order valence-electron chi connectivity index (χ0n) is 12.6. The number of nitrogens with zero attached hydrogens (tertiary/aromatic N) is 3. The number of thioether (sulfide) groups is 1. The number of H-pyrrole nitrogens is 1. The van der Waals surface area contributed by atoms with Crippen molar-refractivity contribution in [1.29, 1.82) is 0 Å². The van der Waals surface area contributed by atoms with E-state index in [1.165, 1.54) is 5.69 Å². The Labute approximate surface area is 138 Å². The van der Waals surface area contributed by atoms with Crippen molar-refractivity contribution in [3.63, 3.8) is 0 Å². The molecule has 1 aliphatic heterocycles. The SMILES string of the molecule is CCSc1nc(CC(=O)N2CCC(c3ccn[nH]3)CC2)cs1. The molecule has 0 bridgehead atoms. The summed E-state index contributed by atoms with van der Waals surface area (Å²) in [5.74, 6) is 1.71. The molecule has 1 N–H and O–H groups in total. The molecule has 0 spiro atoms. The number of thiazole rings is 1. The molecule has 0 aliphatic carbocycles. The minimum Gasteiger partial charge on any atom is -0.342 e. The van der Waals surface area contributed by atoms with E-state index in [9.17, 15) is 4.79 Å². The van der Waals surface area contributed by atoms with Crippen LogP contribution < -0.4 is 0 Å². The van der Waals surface area contributed by atoms with Gasteiger partial charge in [-0.05, 0) is 24.7 Å². The van der Waals surface area contributed by atoms with E-state index in [0.717, 1.165) is 41.7 Å². The minimum absolute atomic E-state index is 0.196. The smallest absolute Gasteiger partial charge is 0.228 e. The van der Waals surface area contributed by atoms with E-state index < -0.39 is 0 Å². The molecule has 22 heavy (non-hydrogen) atoms. The van der Waals surface area contributed by atoms with E-state index in [0.29, 0.717) is 12.3 Å². The van der Waals surface area contributed by atoms with Crippen molar-refractivity contribution in [3.8, 4) is 0 Å². The monoisotopic (exact) mass is 336 g/mol. The summed E-state index contributed by atoms with van der Waals surface area (Å²) < 4.78 is 1.06. The third-order valence-corrected chi connectivity index (χ3v) is 5.89. The minimum atomic E-state index is 0.196. The van der Waals surface area contributed by atoms with Crippen LogP contribution in [0.5, 0.6) is 0 Å². The second-order valence-corrected chi connectivity index (χ2v) is 7.75. The normalized spacial score (nSPS) is 16.1. The highest BCUT2D eigenvalue weighted by atomic mass is 32.2. The first kappa shape index (κ1) is 15.6. The van der Waals surface area contributed by atoms with Gasteiger partial charge in [0.25, 0.3) is 0 Å². The maximum atomic E-state index is 12.4. The molecule has 0 radical (unpaired) electrons. The number of nitrogens with one attached hydrogen (secondary N) is 1. The lowest BCUT2D eigenvalue weighted by Gasteiger charge is -2.31. The molecule has 2 aromatic rings. The van der Waals surface area contributed by atoms with Gasteiger partial charge in [0.15, 0.2) is 0 Å². The van der Waals surface area contributed by atoms with Crippen LogP contribution in [0.1, 0.15) is 37.1 Å². The maximum absolute atomic E-state index is 12.4. The third-order valence-electron chi connectivity index (χ3n) is 3.94. The van der Waals surface area contributed by atoms with Gasteiger partial charge < -0.3 is 4.90 Å². The molecule has 118 valence electrons. The van der Waals surface area contributed by atoms with E-state index in [1.54, 1.807) is 29.3 Å². The van der Waals surface area contributed by atoms with Gasteiger partial charge in [-0.1, -0.05) is 18.7 Å². The predicted molar refractivity (Wildman–Crippen MR) is 89.4 cm³/mol. The van der Waals surface area contributed by atoms with Crippen molar-refractivity contribution in [1.82, 2.24) is 20.1 Å². The summed E-state index contributed by atoms with van der Waals surface area (Å²) in [6.07, 6.45) is 4.22. The van der Waals surface area contributed by atoms with E-state index in [-0.39, 0.29) is 5.91 Å². The van der Waals surface area contributed by atoms with Crippen LogP contribution >= 0.6 is 23.1 Å². The van der Waals surface area contributed by atoms with Gasteiger partial charge in [-0.15, -0.1) is 11.3 Å². The summed E-state index contributed by atoms with van der Waals surface area (Å²) >= 11 is 3.36. The van der Waals surface area contributed by atoms with E-state index in [1.807, 2.05) is 16.3 Å². The van der Waals surface area contributed by atoms with Crippen molar-refractivity contribution >= 4 is 29.0 Å². The third kappa shape index (κ3) is 3.70. The quantitative estimate of drug-likeness (QED) is 0.853. The lowest BCUT2D eigenvalue weighted by atomic mass is 9.93. The van der Waals surface area contributed by atoms with Gasteiger partial charge in [-0.25, -0.2) is 4.98 Å². The van der Waals surface area contributed by atoms with Gasteiger partial charge >= 0.3 is 0 Å². The number of carbonyl (C=O) groups is 1. The molecule has 3 heterocycles. The molecular weight excluding hydrogens is 316 g/mol. The average molecular weight is 336 g/mol. The number of aromatic amines is 1. The molecule has 0 atom stereocenters. The predicted octanol–water partition coefficient (Wildman–Crippen LogP) is 2.93. The summed E-state index contributed by atoms with van der Waals surface area (Å²) in [5, 5.41) is 9.06. The van der Waals surface area contributed by atoms with Gasteiger partial charge in [0.05, 0.1) is 12.1 Å². The Morgan fingerprint density at radius 3 is 3.00 bits per heavy atom. The van der Waals surface area contributed by atoms with Crippen molar-refractivity contribution in [2.45, 2.75) is 36.4 Å². The zero-order chi connectivity index (χ0) is 15.4. The molecular formula is C15H20N4OS2. The number of hydrogen-bond donors (Lipinski definition) is 1. The highest BCUT2D eigenvalue weighted by molar-refractivity contribution is 8.00. The van der Waals surface area contributed by atoms with Gasteiger partial charge in [0.2, 0.25) is 5.91 Å². The molecule has 1 saturated heterocycles. The molecule has 1 aliphatic rings. The van der Waals surface area contributed by atoms with E-state index in [2.05, 4.69) is 22.1 Å². The highest BCUT2D eigenvalue weighted by Crippen LogP contribution is 2.27. The van der Waals surface area contributed by atoms with Crippen LogP contribution in [0.3, 0.4) is 0 Å². The molecule has 0 unspecified atom stereocenters. The van der Waals surface area contributed by atoms with Crippen molar-refractivity contribution < 1.29 is 4.79 Å². The molecule has 2 aromatic heterocycles. The fraction of sp³-hybridized carbons (Fsp3) is 0.533. The standard InChI is InChI=1S/C15H20N4OS2/c1-2-21-15-17-12(10-22-15)9-14(20)19-7-4-11(5-8-19)13-3-6-16-18-13/h3,6,10-11H,2,4-5,7-9H2,1H3,(H,16,18). The second-order valence-electron chi connectivity index (χ2n) is 5.38. The van der Waals surface area contributed by atoms with Crippen molar-refractivity contribution in [2.75, 3.05) is 18.8 Å². The molecule has 3 rings (SSSR count). The topological polar surface area (TPSA) is 61.9 Å². The van der Waals surface area contributed by atoms with Gasteiger partial charge in [0.1, 0.15) is 4.34 Å². The first-order chi connectivity index (χ1) is 10.8. The van der Waals surface area contributed by atoms with Gasteiger partial charge in [0, 0.05) is 36.3 Å². The second kappa shape index (κ2) is 7.28. The Balaban J connectivity index is 1.51. The Morgan fingerprint density at radius 2 is 2.32 bits per heavy atom. The maximum Gasteiger partial charge on any atom is 0.228 e. The first-order valence-corrected chi connectivity index (χ1v) is 9.47. The summed E-state index contributed by atoms with van der Waals surface area (Å²) in [5.41, 5.74) is 2.09. The summed E-state index contributed by atoms with van der Waals surface area (Å²) in [6, 6.07) is 2.03. The summed E-state index contributed by atoms with van der Waals surface area (Å²) in [6.45, 7) is 3.76. The Morgan fingerprint density at radius 1 is 1.50 bits per heavy atom. The lowest BCUT2D eigenvalue weighted by Crippen LogP contribution is -2.38. The Hall–Kier alpha value is -1.34. The number of rotatable bonds is 5. The highest BCUT2D eigenvalue weighted by Gasteiger charge is 2.24. The van der Waals surface area contributed by atoms with Crippen molar-refractivity contribution in [2.24, 2.45) is 0 Å². The first-order valence-electron chi connectivity index (χ1n) is 7.60. The lowest BCUT2D eigenvalue weighted by molar-refractivity contribution is -0.131. The van der Waals surface area contributed by atoms with Crippen molar-refractivity contribution in [3.05, 3.63) is 29.0 Å². The Bertz CT molecular complexity index is 603. The Kier molecular flexibility index (Phi) is 5.15. The van der Waals surface area contributed by atoms with Gasteiger partial charge in [-0.2, -0.15) is 5.10 Å². The van der Waals surface area contributed by atoms with Crippen LogP contribution in [0.2, 0.25) is 0 Å². The van der Waals surface area contributed by atoms with Gasteiger partial charge in [-0.3, -0.25) is 9.89 Å². The van der Waals surface area contributed by atoms with E-state index in [4.69, 9.17) is 0 Å². The number of carbonyl (C=O) groups excluding carboxylic acids is 1. The fourth-order valence-corrected chi connectivity index (χ4v) is 4.50. The molecule has 1 fully saturated rings. The van der Waals surface area contributed by atoms with Crippen LogP contribution in [0.4, 0.5) is 0 Å². The number of hydrogen-bond acceptors (Lipinski definition) is 5. The average Bonchev–Trinajstić information content (AvgIpc) is 3.20. The molecule has 7 heteroatoms.